The molecule has 0 heterocycles. The SMILES string of the molecule is CC=COc1ccc(C2CCC(C3CCC(c4ccc(CCCC)cc4)CC3)CC2)c(F)c1F. The predicted molar refractivity (Wildman–Crippen MR) is 136 cm³/mol. The minimum absolute atomic E-state index is 0.0413. The Balaban J connectivity index is 1.27. The highest BCUT2D eigenvalue weighted by Crippen LogP contribution is 2.46. The summed E-state index contributed by atoms with van der Waals surface area (Å²) >= 11 is 0. The molecule has 0 spiro atoms. The molecule has 0 aromatic heterocycles. The summed E-state index contributed by atoms with van der Waals surface area (Å²) in [6.07, 6.45) is 16.1. The van der Waals surface area contributed by atoms with Gasteiger partial charge >= 0.3 is 0 Å². The van der Waals surface area contributed by atoms with E-state index in [9.17, 15) is 8.78 Å². The van der Waals surface area contributed by atoms with Crippen molar-refractivity contribution in [3.05, 3.63) is 77.1 Å². The van der Waals surface area contributed by atoms with Gasteiger partial charge in [0.2, 0.25) is 5.82 Å². The van der Waals surface area contributed by atoms with E-state index in [0.29, 0.717) is 11.5 Å². The molecule has 2 aliphatic rings. The van der Waals surface area contributed by atoms with E-state index in [0.717, 1.165) is 37.5 Å². The highest BCUT2D eigenvalue weighted by Gasteiger charge is 2.33. The lowest BCUT2D eigenvalue weighted by molar-refractivity contribution is 0.176. The molecule has 2 fully saturated rings. The van der Waals surface area contributed by atoms with E-state index in [4.69, 9.17) is 4.74 Å². The number of benzene rings is 2. The largest absolute Gasteiger partial charge is 0.462 e. The van der Waals surface area contributed by atoms with Crippen molar-refractivity contribution < 1.29 is 13.5 Å². The second-order valence-corrected chi connectivity index (χ2v) is 10.4. The Morgan fingerprint density at radius 2 is 1.41 bits per heavy atom. The standard InChI is InChI=1S/C31H40F2O/c1-3-5-6-22-7-9-23(10-8-22)24-11-13-25(14-12-24)26-15-17-27(18-16-26)28-19-20-29(34-21-4-2)31(33)30(28)32/h4,7-10,19-21,24-27H,3,5-6,11-18H2,1-2H3. The smallest absolute Gasteiger partial charge is 0.201 e. The molecule has 0 bridgehead atoms. The first-order valence-corrected chi connectivity index (χ1v) is 13.4. The van der Waals surface area contributed by atoms with Crippen molar-refractivity contribution in [1.29, 1.82) is 0 Å². The highest BCUT2D eigenvalue weighted by molar-refractivity contribution is 5.34. The maximum atomic E-state index is 14.7. The van der Waals surface area contributed by atoms with E-state index in [1.54, 1.807) is 25.1 Å². The lowest BCUT2D eigenvalue weighted by Gasteiger charge is -2.38. The number of unbranched alkanes of at least 4 members (excludes halogenated alkanes) is 1. The van der Waals surface area contributed by atoms with Crippen LogP contribution in [0.25, 0.3) is 0 Å². The van der Waals surface area contributed by atoms with Gasteiger partial charge in [-0.05, 0) is 118 Å². The Morgan fingerprint density at radius 3 is 2.00 bits per heavy atom. The lowest BCUT2D eigenvalue weighted by atomic mass is 9.67. The monoisotopic (exact) mass is 466 g/mol. The zero-order chi connectivity index (χ0) is 23.9. The van der Waals surface area contributed by atoms with Crippen LogP contribution in [0.3, 0.4) is 0 Å². The van der Waals surface area contributed by atoms with Crippen LogP contribution in [-0.4, -0.2) is 0 Å². The van der Waals surface area contributed by atoms with Gasteiger partial charge in [-0.15, -0.1) is 0 Å². The maximum absolute atomic E-state index is 14.7. The fraction of sp³-hybridized carbons (Fsp3) is 0.548. The summed E-state index contributed by atoms with van der Waals surface area (Å²) in [4.78, 5) is 0. The summed E-state index contributed by atoms with van der Waals surface area (Å²) in [5, 5.41) is 0. The highest BCUT2D eigenvalue weighted by atomic mass is 19.2. The van der Waals surface area contributed by atoms with Crippen LogP contribution in [0.1, 0.15) is 107 Å². The Labute approximate surface area is 204 Å². The van der Waals surface area contributed by atoms with E-state index < -0.39 is 11.6 Å². The maximum Gasteiger partial charge on any atom is 0.201 e. The molecular weight excluding hydrogens is 426 g/mol. The van der Waals surface area contributed by atoms with Gasteiger partial charge in [0.1, 0.15) is 0 Å². The van der Waals surface area contributed by atoms with Crippen molar-refractivity contribution in [1.82, 2.24) is 0 Å². The fourth-order valence-electron chi connectivity index (χ4n) is 6.26. The van der Waals surface area contributed by atoms with E-state index in [1.165, 1.54) is 62.3 Å². The number of hydrogen-bond acceptors (Lipinski definition) is 1. The molecule has 0 amide bonds. The van der Waals surface area contributed by atoms with Gasteiger partial charge in [-0.25, -0.2) is 4.39 Å². The molecule has 0 aliphatic heterocycles. The summed E-state index contributed by atoms with van der Waals surface area (Å²) in [5.41, 5.74) is 3.50. The number of allylic oxidation sites excluding steroid dienone is 1. The third-order valence-corrected chi connectivity index (χ3v) is 8.33. The van der Waals surface area contributed by atoms with Crippen LogP contribution in [0.5, 0.6) is 5.75 Å². The van der Waals surface area contributed by atoms with Crippen LogP contribution >= 0.6 is 0 Å². The van der Waals surface area contributed by atoms with E-state index in [2.05, 4.69) is 31.2 Å². The van der Waals surface area contributed by atoms with E-state index in [-0.39, 0.29) is 11.7 Å². The Morgan fingerprint density at radius 1 is 0.794 bits per heavy atom. The molecule has 2 aromatic carbocycles. The van der Waals surface area contributed by atoms with E-state index in [1.807, 2.05) is 0 Å². The topological polar surface area (TPSA) is 9.23 Å². The normalized spacial score (nSPS) is 25.5. The zero-order valence-electron chi connectivity index (χ0n) is 20.9. The van der Waals surface area contributed by atoms with Crippen LogP contribution in [0.15, 0.2) is 48.7 Å². The van der Waals surface area contributed by atoms with Crippen molar-refractivity contribution in [2.45, 2.75) is 96.3 Å². The molecule has 0 unspecified atom stereocenters. The van der Waals surface area contributed by atoms with E-state index >= 15 is 0 Å². The molecule has 0 radical (unpaired) electrons. The zero-order valence-corrected chi connectivity index (χ0v) is 20.9. The molecule has 2 saturated carbocycles. The number of halogens is 2. The van der Waals surface area contributed by atoms with Crippen molar-refractivity contribution in [2.24, 2.45) is 11.8 Å². The van der Waals surface area contributed by atoms with Crippen molar-refractivity contribution in [3.8, 4) is 5.75 Å². The first-order chi connectivity index (χ1) is 16.6. The third kappa shape index (κ3) is 5.90. The first-order valence-electron chi connectivity index (χ1n) is 13.4. The van der Waals surface area contributed by atoms with Gasteiger partial charge in [0.25, 0.3) is 0 Å². The van der Waals surface area contributed by atoms with Crippen LogP contribution in [0, 0.1) is 23.5 Å². The van der Waals surface area contributed by atoms with Crippen molar-refractivity contribution >= 4 is 0 Å². The van der Waals surface area contributed by atoms with Gasteiger partial charge in [0.05, 0.1) is 6.26 Å². The summed E-state index contributed by atoms with van der Waals surface area (Å²) in [6, 6.07) is 12.7. The van der Waals surface area contributed by atoms with Gasteiger partial charge in [0, 0.05) is 0 Å². The van der Waals surface area contributed by atoms with Gasteiger partial charge < -0.3 is 4.74 Å². The molecule has 4 rings (SSSR count). The van der Waals surface area contributed by atoms with Crippen LogP contribution in [-0.2, 0) is 6.42 Å². The molecule has 2 aromatic rings. The fourth-order valence-corrected chi connectivity index (χ4v) is 6.26. The molecule has 34 heavy (non-hydrogen) atoms. The summed E-state index contributed by atoms with van der Waals surface area (Å²) in [5.74, 6) is 0.705. The summed E-state index contributed by atoms with van der Waals surface area (Å²) < 4.78 is 34.3. The Hall–Kier alpha value is -2.16. The van der Waals surface area contributed by atoms with Crippen LogP contribution in [0.4, 0.5) is 8.78 Å². The van der Waals surface area contributed by atoms with Crippen LogP contribution < -0.4 is 4.74 Å². The second kappa shape index (κ2) is 12.0. The second-order valence-electron chi connectivity index (χ2n) is 10.4. The molecule has 2 aliphatic carbocycles. The molecule has 184 valence electrons. The Bertz CT molecular complexity index is 933. The van der Waals surface area contributed by atoms with Crippen molar-refractivity contribution in [2.75, 3.05) is 0 Å². The molecule has 0 N–H and O–H groups in total. The average Bonchev–Trinajstić information content (AvgIpc) is 2.89. The van der Waals surface area contributed by atoms with Gasteiger partial charge in [-0.1, -0.05) is 49.8 Å². The minimum Gasteiger partial charge on any atom is -0.462 e. The van der Waals surface area contributed by atoms with Gasteiger partial charge in [-0.2, -0.15) is 4.39 Å². The third-order valence-electron chi connectivity index (χ3n) is 8.33. The number of aryl methyl sites for hydroxylation is 1. The number of rotatable bonds is 8. The quantitative estimate of drug-likeness (QED) is 0.352. The minimum atomic E-state index is -0.866. The Kier molecular flexibility index (Phi) is 8.80. The van der Waals surface area contributed by atoms with Gasteiger partial charge in [-0.3, -0.25) is 0 Å². The number of hydrogen-bond donors (Lipinski definition) is 0. The summed E-state index contributed by atoms with van der Waals surface area (Å²) in [7, 11) is 0. The first kappa shape index (κ1) is 24.9. The molecule has 1 nitrogen and oxygen atoms in total. The molecule has 3 heteroatoms. The van der Waals surface area contributed by atoms with Gasteiger partial charge in [0.15, 0.2) is 11.6 Å². The lowest BCUT2D eigenvalue weighted by Crippen LogP contribution is -2.25. The summed E-state index contributed by atoms with van der Waals surface area (Å²) in [6.45, 7) is 4.02. The predicted octanol–water partition coefficient (Wildman–Crippen LogP) is 9.47. The number of ether oxygens (including phenoxy) is 1. The average molecular weight is 467 g/mol. The van der Waals surface area contributed by atoms with Crippen LogP contribution in [0.2, 0.25) is 0 Å². The molecule has 0 atom stereocenters. The van der Waals surface area contributed by atoms with Crippen molar-refractivity contribution in [3.63, 3.8) is 0 Å². The molecule has 0 saturated heterocycles. The molecular formula is C31H40F2O.